The molecule has 2 N–H and O–H groups in total. The Morgan fingerprint density at radius 1 is 1.04 bits per heavy atom. The first kappa shape index (κ1) is 24.0. The predicted octanol–water partition coefficient (Wildman–Crippen LogP) is 4.75. The summed E-state index contributed by atoms with van der Waals surface area (Å²) < 4.78 is 0. The Bertz CT molecular complexity index is 574. The van der Waals surface area contributed by atoms with E-state index in [4.69, 9.17) is 10.6 Å². The number of hydrogen-bond donors (Lipinski definition) is 2. The summed E-state index contributed by atoms with van der Waals surface area (Å²) in [5, 5.41) is 15.8. The van der Waals surface area contributed by atoms with E-state index in [2.05, 4.69) is 15.3 Å². The fourth-order valence-corrected chi connectivity index (χ4v) is 3.95. The average molecular weight is 387 g/mol. The van der Waals surface area contributed by atoms with Gasteiger partial charge in [0.1, 0.15) is 6.04 Å². The van der Waals surface area contributed by atoms with E-state index in [1.165, 1.54) is 64.2 Å². The Balaban J connectivity index is 0.000000271. The van der Waals surface area contributed by atoms with Crippen LogP contribution in [0.25, 0.3) is 10.4 Å². The third-order valence-corrected chi connectivity index (χ3v) is 5.43. The van der Waals surface area contributed by atoms with Crippen LogP contribution in [0.15, 0.2) is 35.4 Å². The Morgan fingerprint density at radius 3 is 1.96 bits per heavy atom. The highest BCUT2D eigenvalue weighted by atomic mass is 16.4. The minimum absolute atomic E-state index is 0. The monoisotopic (exact) mass is 386 g/mol. The molecule has 7 nitrogen and oxygen atoms in total. The van der Waals surface area contributed by atoms with E-state index in [1.54, 1.807) is 12.1 Å². The topological polar surface area (TPSA) is 129 Å². The maximum absolute atomic E-state index is 10.6. The van der Waals surface area contributed by atoms with Gasteiger partial charge in [0, 0.05) is 23.1 Å². The van der Waals surface area contributed by atoms with Crippen LogP contribution in [0.2, 0.25) is 0 Å². The van der Waals surface area contributed by atoms with Gasteiger partial charge in [-0.25, -0.2) is 0 Å². The van der Waals surface area contributed by atoms with Gasteiger partial charge in [0.25, 0.3) is 0 Å². The third kappa shape index (κ3) is 9.22. The number of nitrogens with one attached hydrogen (secondary N) is 1. The van der Waals surface area contributed by atoms with Gasteiger partial charge in [-0.05, 0) is 43.2 Å². The third-order valence-electron chi connectivity index (χ3n) is 5.43. The molecule has 2 aliphatic carbocycles. The summed E-state index contributed by atoms with van der Waals surface area (Å²) in [4.78, 5) is 13.1. The molecule has 2 aliphatic rings. The van der Waals surface area contributed by atoms with Gasteiger partial charge in [0.2, 0.25) is 0 Å². The zero-order valence-corrected chi connectivity index (χ0v) is 16.5. The van der Waals surface area contributed by atoms with Crippen molar-refractivity contribution in [1.82, 2.24) is 11.5 Å². The van der Waals surface area contributed by atoms with E-state index in [1.807, 2.05) is 18.2 Å². The average Bonchev–Trinajstić information content (AvgIpc) is 2.70. The summed E-state index contributed by atoms with van der Waals surface area (Å²) in [7, 11) is 0. The second-order valence-corrected chi connectivity index (χ2v) is 7.59. The molecule has 3 radical (unpaired) electrons. The maximum atomic E-state index is 10.6. The quantitative estimate of drug-likeness (QED) is 0.415. The fraction of sp³-hybridized carbons (Fsp3) is 0.667. The molecule has 153 valence electrons. The molecular weight excluding hydrogens is 354 g/mol. The van der Waals surface area contributed by atoms with E-state index in [0.29, 0.717) is 0 Å². The number of nitrogens with zero attached hydrogens (tertiary/aromatic N) is 4. The summed E-state index contributed by atoms with van der Waals surface area (Å²) in [6, 6.07) is 9.77. The van der Waals surface area contributed by atoms with Gasteiger partial charge < -0.3 is 10.4 Å². The lowest BCUT2D eigenvalue weighted by molar-refractivity contribution is -0.138. The van der Waals surface area contributed by atoms with Crippen LogP contribution in [0.1, 0.15) is 69.8 Å². The lowest BCUT2D eigenvalue weighted by Gasteiger charge is -2.30. The number of rotatable bonds is 6. The van der Waals surface area contributed by atoms with Gasteiger partial charge in [0.05, 0.1) is 0 Å². The molecule has 0 amide bonds. The molecule has 2 fully saturated rings. The number of carbonyl (C=O) groups is 1. The van der Waals surface area contributed by atoms with E-state index in [9.17, 15) is 4.79 Å². The van der Waals surface area contributed by atoms with Crippen molar-refractivity contribution in [3.05, 3.63) is 46.3 Å². The molecular formula is C21H32N5O2. The second kappa shape index (κ2) is 14.0. The molecule has 1 atom stereocenters. The Kier molecular flexibility index (Phi) is 12.0. The van der Waals surface area contributed by atoms with Crippen molar-refractivity contribution < 1.29 is 9.90 Å². The molecule has 0 spiro atoms. The van der Waals surface area contributed by atoms with Crippen molar-refractivity contribution in [2.24, 2.45) is 5.11 Å². The van der Waals surface area contributed by atoms with Gasteiger partial charge in [-0.1, -0.05) is 74.0 Å². The smallest absolute Gasteiger partial charge is 0.312 e. The van der Waals surface area contributed by atoms with Crippen LogP contribution in [0, 0.1) is 0 Å². The van der Waals surface area contributed by atoms with Crippen LogP contribution in [0.3, 0.4) is 0 Å². The van der Waals surface area contributed by atoms with E-state index >= 15 is 0 Å². The van der Waals surface area contributed by atoms with Crippen molar-refractivity contribution in [3.8, 4) is 0 Å². The molecule has 0 aliphatic heterocycles. The Morgan fingerprint density at radius 2 is 1.54 bits per heavy atom. The molecule has 3 rings (SSSR count). The van der Waals surface area contributed by atoms with Crippen LogP contribution in [0.4, 0.5) is 0 Å². The largest absolute Gasteiger partial charge is 0.481 e. The van der Waals surface area contributed by atoms with Crippen LogP contribution in [-0.2, 0) is 11.2 Å². The molecule has 2 saturated carbocycles. The fourth-order valence-electron chi connectivity index (χ4n) is 3.95. The molecule has 1 aromatic carbocycles. The lowest BCUT2D eigenvalue weighted by Crippen LogP contribution is -2.40. The van der Waals surface area contributed by atoms with Crippen molar-refractivity contribution >= 4 is 5.97 Å². The summed E-state index contributed by atoms with van der Waals surface area (Å²) in [6.45, 7) is 0. The van der Waals surface area contributed by atoms with Gasteiger partial charge in [0.15, 0.2) is 0 Å². The first-order chi connectivity index (χ1) is 13.2. The molecule has 7 heteroatoms. The van der Waals surface area contributed by atoms with Crippen LogP contribution < -0.4 is 11.5 Å². The molecule has 28 heavy (non-hydrogen) atoms. The minimum Gasteiger partial charge on any atom is -0.481 e. The van der Waals surface area contributed by atoms with Crippen LogP contribution in [0.5, 0.6) is 0 Å². The maximum Gasteiger partial charge on any atom is 0.312 e. The van der Waals surface area contributed by atoms with Crippen LogP contribution >= 0.6 is 0 Å². The summed E-state index contributed by atoms with van der Waals surface area (Å²) in [5.74, 6) is -1.10. The SMILES string of the molecule is C1CCC(NC2CCCCC2)CC1.[N-]=[N+]=N[C@@H](Cc1ccccc1)C(=O)O.[N]. The predicted molar refractivity (Wildman–Crippen MR) is 110 cm³/mol. The lowest BCUT2D eigenvalue weighted by atomic mass is 9.91. The normalized spacial score (nSPS) is 18.6. The Labute approximate surface area is 168 Å². The summed E-state index contributed by atoms with van der Waals surface area (Å²) >= 11 is 0. The number of azide groups is 1. The molecule has 0 unspecified atom stereocenters. The van der Waals surface area contributed by atoms with Gasteiger partial charge in [-0.3, -0.25) is 4.79 Å². The number of benzene rings is 1. The molecule has 0 heterocycles. The standard InChI is InChI=1S/C12H23N.C9H9N3O2.N/c1-3-7-11(8-4-1)13-12-9-5-2-6-10-12;10-12-11-8(9(13)14)6-7-4-2-1-3-5-7;/h11-13H,1-10H2;1-5,8H,6H2,(H,13,14);/t;8-;/m.0./s1. The molecule has 0 bridgehead atoms. The highest BCUT2D eigenvalue weighted by molar-refractivity contribution is 5.74. The number of hydrogen-bond acceptors (Lipinski definition) is 3. The number of carboxylic acid groups (broad SMARTS) is 1. The van der Waals surface area contributed by atoms with Crippen molar-refractivity contribution in [3.63, 3.8) is 0 Å². The van der Waals surface area contributed by atoms with Crippen molar-refractivity contribution in [2.75, 3.05) is 0 Å². The molecule has 0 aromatic heterocycles. The number of carboxylic acids is 1. The van der Waals surface area contributed by atoms with Gasteiger partial charge in [-0.2, -0.15) is 0 Å². The van der Waals surface area contributed by atoms with Crippen molar-refractivity contribution in [1.29, 1.82) is 0 Å². The van der Waals surface area contributed by atoms with E-state index in [0.717, 1.165) is 17.6 Å². The zero-order valence-electron chi connectivity index (χ0n) is 16.5. The van der Waals surface area contributed by atoms with Gasteiger partial charge >= 0.3 is 5.97 Å². The minimum atomic E-state index is -1.10. The molecule has 1 aromatic rings. The van der Waals surface area contributed by atoms with E-state index < -0.39 is 12.0 Å². The van der Waals surface area contributed by atoms with Gasteiger partial charge in [-0.15, -0.1) is 0 Å². The van der Waals surface area contributed by atoms with E-state index in [-0.39, 0.29) is 12.6 Å². The summed E-state index contributed by atoms with van der Waals surface area (Å²) in [5.41, 5.74) is 9.00. The summed E-state index contributed by atoms with van der Waals surface area (Å²) in [6.07, 6.45) is 14.8. The molecule has 0 saturated heterocycles. The zero-order chi connectivity index (χ0) is 19.3. The van der Waals surface area contributed by atoms with Crippen LogP contribution in [-0.4, -0.2) is 29.2 Å². The highest BCUT2D eigenvalue weighted by Crippen LogP contribution is 2.22. The first-order valence-electron chi connectivity index (χ1n) is 10.3. The second-order valence-electron chi connectivity index (χ2n) is 7.59. The highest BCUT2D eigenvalue weighted by Gasteiger charge is 2.19. The number of aliphatic carboxylic acids is 1. The Hall–Kier alpha value is -2.08. The first-order valence-corrected chi connectivity index (χ1v) is 10.3. The van der Waals surface area contributed by atoms with Crippen molar-refractivity contribution in [2.45, 2.75) is 88.8 Å².